The minimum atomic E-state index is 0.630. The largest absolute Gasteiger partial charge is 0.493 e. The number of nitrogens with one attached hydrogen (secondary N) is 1. The van der Waals surface area contributed by atoms with Crippen molar-refractivity contribution in [1.82, 2.24) is 9.97 Å². The highest BCUT2D eigenvalue weighted by Gasteiger charge is 2.11. The first-order chi connectivity index (χ1) is 12.7. The molecule has 0 saturated heterocycles. The summed E-state index contributed by atoms with van der Waals surface area (Å²) in [4.78, 5) is 8.76. The maximum Gasteiger partial charge on any atom is 0.162 e. The van der Waals surface area contributed by atoms with Crippen LogP contribution in [0.25, 0.3) is 17.0 Å². The molecule has 0 spiro atoms. The van der Waals surface area contributed by atoms with Gasteiger partial charge in [0.05, 0.1) is 19.2 Å². The number of benzene rings is 2. The summed E-state index contributed by atoms with van der Waals surface area (Å²) in [6.07, 6.45) is 6.56. The first-order valence-electron chi connectivity index (χ1n) is 8.70. The Morgan fingerprint density at radius 3 is 2.58 bits per heavy atom. The minimum absolute atomic E-state index is 0.630. The molecule has 3 aromatic rings. The number of hydrogen-bond acceptors (Lipinski definition) is 5. The van der Waals surface area contributed by atoms with Crippen molar-refractivity contribution in [2.24, 2.45) is 0 Å². The molecule has 3 rings (SSSR count). The van der Waals surface area contributed by atoms with E-state index in [4.69, 9.17) is 9.47 Å². The summed E-state index contributed by atoms with van der Waals surface area (Å²) in [5, 5.41) is 4.25. The third-order valence-electron chi connectivity index (χ3n) is 3.91. The van der Waals surface area contributed by atoms with E-state index in [1.807, 2.05) is 37.3 Å². The lowest BCUT2D eigenvalue weighted by Gasteiger charge is -2.13. The molecular formula is C21H23N3O2. The number of rotatable bonds is 7. The zero-order chi connectivity index (χ0) is 18.4. The van der Waals surface area contributed by atoms with Crippen LogP contribution in [-0.2, 0) is 0 Å². The third-order valence-corrected chi connectivity index (χ3v) is 3.91. The molecule has 1 N–H and O–H groups in total. The molecule has 5 heteroatoms. The smallest absolute Gasteiger partial charge is 0.162 e. The van der Waals surface area contributed by atoms with Crippen molar-refractivity contribution in [3.8, 4) is 11.5 Å². The summed E-state index contributed by atoms with van der Waals surface area (Å²) in [6.45, 7) is 4.71. The van der Waals surface area contributed by atoms with Crippen molar-refractivity contribution in [3.63, 3.8) is 0 Å². The van der Waals surface area contributed by atoms with Crippen molar-refractivity contribution in [1.29, 1.82) is 0 Å². The van der Waals surface area contributed by atoms with Crippen molar-refractivity contribution in [3.05, 3.63) is 54.4 Å². The fourth-order valence-corrected chi connectivity index (χ4v) is 2.65. The van der Waals surface area contributed by atoms with E-state index in [-0.39, 0.29) is 0 Å². The molecule has 0 amide bonds. The lowest BCUT2D eigenvalue weighted by atomic mass is 10.1. The van der Waals surface area contributed by atoms with Gasteiger partial charge in [-0.05, 0) is 37.1 Å². The lowest BCUT2D eigenvalue weighted by Crippen LogP contribution is -2.00. The topological polar surface area (TPSA) is 56.3 Å². The summed E-state index contributed by atoms with van der Waals surface area (Å²) in [5.74, 6) is 2.10. The van der Waals surface area contributed by atoms with Crippen molar-refractivity contribution in [2.45, 2.75) is 20.3 Å². The van der Waals surface area contributed by atoms with Gasteiger partial charge in [0.25, 0.3) is 0 Å². The van der Waals surface area contributed by atoms with Crippen LogP contribution in [-0.4, -0.2) is 23.7 Å². The Hall–Kier alpha value is -3.08. The molecule has 0 atom stereocenters. The molecular weight excluding hydrogens is 326 g/mol. The van der Waals surface area contributed by atoms with E-state index in [9.17, 15) is 0 Å². The van der Waals surface area contributed by atoms with E-state index in [0.29, 0.717) is 18.1 Å². The van der Waals surface area contributed by atoms with Crippen LogP contribution in [0.3, 0.4) is 0 Å². The number of fused-ring (bicyclic) bond motifs is 1. The Labute approximate surface area is 153 Å². The van der Waals surface area contributed by atoms with Crippen LogP contribution in [0.15, 0.2) is 48.8 Å². The maximum absolute atomic E-state index is 5.82. The summed E-state index contributed by atoms with van der Waals surface area (Å²) in [7, 11) is 1.63. The Bertz CT molecular complexity index is 905. The second-order valence-corrected chi connectivity index (χ2v) is 5.84. The van der Waals surface area contributed by atoms with Crippen LogP contribution in [0.2, 0.25) is 0 Å². The van der Waals surface area contributed by atoms with Crippen LogP contribution in [0.5, 0.6) is 11.5 Å². The van der Waals surface area contributed by atoms with Gasteiger partial charge < -0.3 is 14.8 Å². The zero-order valence-corrected chi connectivity index (χ0v) is 15.3. The first kappa shape index (κ1) is 17.7. The number of methoxy groups -OCH3 is 1. The fraction of sp³-hybridized carbons (Fsp3) is 0.238. The van der Waals surface area contributed by atoms with Crippen LogP contribution in [0.1, 0.15) is 25.8 Å². The van der Waals surface area contributed by atoms with Gasteiger partial charge in [-0.1, -0.05) is 31.2 Å². The lowest BCUT2D eigenvalue weighted by molar-refractivity contribution is 0.295. The van der Waals surface area contributed by atoms with Gasteiger partial charge in [-0.25, -0.2) is 9.97 Å². The summed E-state index contributed by atoms with van der Waals surface area (Å²) < 4.78 is 11.2. The highest BCUT2D eigenvalue weighted by Crippen LogP contribution is 2.34. The number of nitrogens with zero attached hydrogens (tertiary/aromatic N) is 2. The van der Waals surface area contributed by atoms with E-state index in [1.54, 1.807) is 13.4 Å². The predicted molar refractivity (Wildman–Crippen MR) is 106 cm³/mol. The quantitative estimate of drug-likeness (QED) is 0.635. The Kier molecular flexibility index (Phi) is 5.69. The Morgan fingerprint density at radius 2 is 1.88 bits per heavy atom. The Balaban J connectivity index is 1.96. The molecule has 5 nitrogen and oxygen atoms in total. The highest BCUT2D eigenvalue weighted by atomic mass is 16.5. The zero-order valence-electron chi connectivity index (χ0n) is 15.3. The van der Waals surface area contributed by atoms with Gasteiger partial charge >= 0.3 is 0 Å². The molecule has 0 radical (unpaired) electrons. The predicted octanol–water partition coefficient (Wildman–Crippen LogP) is 5.20. The number of ether oxygens (including phenoxy) is 2. The van der Waals surface area contributed by atoms with Gasteiger partial charge in [0.15, 0.2) is 11.5 Å². The van der Waals surface area contributed by atoms with E-state index in [2.05, 4.69) is 40.4 Å². The number of hydrogen-bond donors (Lipinski definition) is 1. The SMILES string of the molecule is C/C=C/c1ccc(Nc2ncnc3cc(OC)c(OCCC)cc23)cc1. The van der Waals surface area contributed by atoms with Crippen molar-refractivity contribution in [2.75, 3.05) is 19.0 Å². The highest BCUT2D eigenvalue weighted by molar-refractivity contribution is 5.93. The molecule has 1 heterocycles. The minimum Gasteiger partial charge on any atom is -0.493 e. The molecule has 134 valence electrons. The molecule has 0 saturated carbocycles. The molecule has 0 aliphatic heterocycles. The molecule has 0 unspecified atom stereocenters. The van der Waals surface area contributed by atoms with Crippen LogP contribution >= 0.6 is 0 Å². The monoisotopic (exact) mass is 349 g/mol. The van der Waals surface area contributed by atoms with Gasteiger partial charge in [0, 0.05) is 17.1 Å². The average Bonchev–Trinajstić information content (AvgIpc) is 2.67. The molecule has 1 aromatic heterocycles. The van der Waals surface area contributed by atoms with Crippen molar-refractivity contribution >= 4 is 28.5 Å². The molecule has 26 heavy (non-hydrogen) atoms. The number of aromatic nitrogens is 2. The normalized spacial score (nSPS) is 11.0. The summed E-state index contributed by atoms with van der Waals surface area (Å²) >= 11 is 0. The Morgan fingerprint density at radius 1 is 1.08 bits per heavy atom. The van der Waals surface area contributed by atoms with E-state index in [0.717, 1.165) is 34.4 Å². The van der Waals surface area contributed by atoms with Gasteiger partial charge in [-0.15, -0.1) is 0 Å². The summed E-state index contributed by atoms with van der Waals surface area (Å²) in [6, 6.07) is 12.0. The van der Waals surface area contributed by atoms with Crippen molar-refractivity contribution < 1.29 is 9.47 Å². The molecule has 2 aromatic carbocycles. The van der Waals surface area contributed by atoms with E-state index < -0.39 is 0 Å². The van der Waals surface area contributed by atoms with Gasteiger partial charge in [-0.3, -0.25) is 0 Å². The second kappa shape index (κ2) is 8.34. The first-order valence-corrected chi connectivity index (χ1v) is 8.70. The maximum atomic E-state index is 5.82. The molecule has 0 bridgehead atoms. The molecule has 0 aliphatic rings. The van der Waals surface area contributed by atoms with Gasteiger partial charge in [0.1, 0.15) is 12.1 Å². The molecule has 0 fully saturated rings. The average molecular weight is 349 g/mol. The second-order valence-electron chi connectivity index (χ2n) is 5.84. The van der Waals surface area contributed by atoms with Crippen LogP contribution in [0, 0.1) is 0 Å². The summed E-state index contributed by atoms with van der Waals surface area (Å²) in [5.41, 5.74) is 2.92. The van der Waals surface area contributed by atoms with E-state index in [1.165, 1.54) is 0 Å². The van der Waals surface area contributed by atoms with Gasteiger partial charge in [-0.2, -0.15) is 0 Å². The molecule has 0 aliphatic carbocycles. The van der Waals surface area contributed by atoms with Crippen LogP contribution in [0.4, 0.5) is 11.5 Å². The van der Waals surface area contributed by atoms with Crippen LogP contribution < -0.4 is 14.8 Å². The standard InChI is InChI=1S/C21H23N3O2/c1-4-6-15-7-9-16(10-8-15)24-21-17-12-20(26-11-5-2)19(25-3)13-18(17)22-14-23-21/h4,6-10,12-14H,5,11H2,1-3H3,(H,22,23,24)/b6-4+. The van der Waals surface area contributed by atoms with E-state index >= 15 is 0 Å². The number of allylic oxidation sites excluding steroid dienone is 1. The number of anilines is 2. The third kappa shape index (κ3) is 3.94. The van der Waals surface area contributed by atoms with Gasteiger partial charge in [0.2, 0.25) is 0 Å². The fourth-order valence-electron chi connectivity index (χ4n) is 2.65.